The fourth-order valence-corrected chi connectivity index (χ4v) is 5.59. The third kappa shape index (κ3) is 4.53. The molecule has 174 valence electrons. The number of hydrogen-bond acceptors (Lipinski definition) is 5. The van der Waals surface area contributed by atoms with Gasteiger partial charge in [0.15, 0.2) is 5.75 Å². The van der Waals surface area contributed by atoms with Crippen LogP contribution in [0.1, 0.15) is 28.8 Å². The van der Waals surface area contributed by atoms with Crippen LogP contribution in [0.2, 0.25) is 0 Å². The first-order valence-corrected chi connectivity index (χ1v) is 11.9. The predicted molar refractivity (Wildman–Crippen MR) is 135 cm³/mol. The summed E-state index contributed by atoms with van der Waals surface area (Å²) in [6, 6.07) is 14.1. The monoisotopic (exact) mass is 563 g/mol. The smallest absolute Gasteiger partial charge is 0.342 e. The molecule has 1 heterocycles. The van der Waals surface area contributed by atoms with Gasteiger partial charge in [-0.05, 0) is 73.3 Å². The molecule has 33 heavy (non-hydrogen) atoms. The van der Waals surface area contributed by atoms with Gasteiger partial charge in [-0.2, -0.15) is 0 Å². The van der Waals surface area contributed by atoms with E-state index >= 15 is 0 Å². The van der Waals surface area contributed by atoms with Gasteiger partial charge in [0.05, 0.1) is 17.8 Å². The predicted octanol–water partition coefficient (Wildman–Crippen LogP) is 5.42. The number of nitrogens with zero attached hydrogens (tertiary/aromatic N) is 1. The Morgan fingerprint density at radius 2 is 1.61 bits per heavy atom. The summed E-state index contributed by atoms with van der Waals surface area (Å²) >= 11 is 2.14. The van der Waals surface area contributed by atoms with E-state index in [1.54, 1.807) is 26.4 Å². The highest BCUT2D eigenvalue weighted by molar-refractivity contribution is 14.1. The number of methoxy groups -OCH3 is 2. The van der Waals surface area contributed by atoms with E-state index in [0.717, 1.165) is 45.8 Å². The number of benzene rings is 3. The minimum absolute atomic E-state index is 0.214. The number of ether oxygens (including phenoxy) is 3. The maximum atomic E-state index is 13.6. The maximum Gasteiger partial charge on any atom is 0.342 e. The Balaban J connectivity index is 1.71. The highest BCUT2D eigenvalue weighted by Gasteiger charge is 2.37. The van der Waals surface area contributed by atoms with Gasteiger partial charge in [0, 0.05) is 16.2 Å². The molecule has 1 aliphatic rings. The molecule has 0 radical (unpaired) electrons. The lowest BCUT2D eigenvalue weighted by molar-refractivity contribution is 0.0310. The normalized spacial score (nSPS) is 15.9. The van der Waals surface area contributed by atoms with E-state index < -0.39 is 5.97 Å². The summed E-state index contributed by atoms with van der Waals surface area (Å²) in [5.41, 5.74) is 1.02. The fourth-order valence-electron chi connectivity index (χ4n) is 4.59. The third-order valence-corrected chi connectivity index (χ3v) is 7.54. The first kappa shape index (κ1) is 23.8. The summed E-state index contributed by atoms with van der Waals surface area (Å²) in [6.07, 6.45) is 1.64. The first-order chi connectivity index (χ1) is 15.9. The van der Waals surface area contributed by atoms with Gasteiger partial charge in [-0.25, -0.2) is 9.18 Å². The quantitative estimate of drug-likeness (QED) is 0.296. The van der Waals surface area contributed by atoms with Gasteiger partial charge in [0.2, 0.25) is 0 Å². The highest BCUT2D eigenvalue weighted by Crippen LogP contribution is 2.42. The van der Waals surface area contributed by atoms with E-state index in [1.807, 2.05) is 24.3 Å². The number of halogens is 2. The molecule has 1 fully saturated rings. The number of hydrogen-bond donors (Lipinski definition) is 0. The van der Waals surface area contributed by atoms with Gasteiger partial charge in [-0.3, -0.25) is 0 Å². The minimum atomic E-state index is -0.441. The number of fused-ring (bicyclic) bond motifs is 1. The topological polar surface area (TPSA) is 48.0 Å². The zero-order valence-electron chi connectivity index (χ0n) is 19.0. The molecule has 5 nitrogen and oxygen atoms in total. The van der Waals surface area contributed by atoms with Crippen LogP contribution in [-0.2, 0) is 10.2 Å². The van der Waals surface area contributed by atoms with E-state index in [9.17, 15) is 9.18 Å². The number of likely N-dealkylation sites (tertiary alicyclic amines) is 1. The van der Waals surface area contributed by atoms with Crippen molar-refractivity contribution < 1.29 is 23.4 Å². The Kier molecular flexibility index (Phi) is 7.09. The van der Waals surface area contributed by atoms with Crippen molar-refractivity contribution in [3.63, 3.8) is 0 Å². The lowest BCUT2D eigenvalue weighted by Gasteiger charge is -2.40. The molecule has 0 aromatic heterocycles. The molecule has 0 spiro atoms. The molecule has 4 rings (SSSR count). The largest absolute Gasteiger partial charge is 0.495 e. The molecule has 0 amide bonds. The number of rotatable bonds is 6. The van der Waals surface area contributed by atoms with Crippen molar-refractivity contribution in [2.75, 3.05) is 41.0 Å². The Hall–Kier alpha value is -2.39. The molecule has 1 saturated heterocycles. The second-order valence-corrected chi connectivity index (χ2v) is 9.55. The van der Waals surface area contributed by atoms with Crippen LogP contribution in [0, 0.1) is 9.39 Å². The van der Waals surface area contributed by atoms with Gasteiger partial charge < -0.3 is 19.1 Å². The van der Waals surface area contributed by atoms with E-state index in [1.165, 1.54) is 12.1 Å². The van der Waals surface area contributed by atoms with Crippen LogP contribution in [0.15, 0.2) is 48.5 Å². The van der Waals surface area contributed by atoms with Crippen molar-refractivity contribution >= 4 is 39.3 Å². The lowest BCUT2D eigenvalue weighted by atomic mass is 9.73. The van der Waals surface area contributed by atoms with E-state index in [2.05, 4.69) is 34.5 Å². The molecule has 3 aromatic carbocycles. The minimum Gasteiger partial charge on any atom is -0.495 e. The lowest BCUT2D eigenvalue weighted by Crippen LogP contribution is -2.44. The number of carbonyl (C=O) groups is 1. The van der Waals surface area contributed by atoms with E-state index in [-0.39, 0.29) is 17.8 Å². The molecule has 0 saturated carbocycles. The van der Waals surface area contributed by atoms with Crippen LogP contribution in [0.4, 0.5) is 4.39 Å². The zero-order valence-corrected chi connectivity index (χ0v) is 21.1. The van der Waals surface area contributed by atoms with Crippen molar-refractivity contribution in [3.8, 4) is 11.5 Å². The Morgan fingerprint density at radius 1 is 1.00 bits per heavy atom. The third-order valence-electron chi connectivity index (χ3n) is 6.56. The second-order valence-electron chi connectivity index (χ2n) is 8.47. The molecule has 1 aliphatic heterocycles. The molecule has 3 aromatic rings. The number of piperidine rings is 1. The summed E-state index contributed by atoms with van der Waals surface area (Å²) in [7, 11) is 5.23. The number of carbonyl (C=O) groups excluding carboxylic acids is 1. The van der Waals surface area contributed by atoms with Gasteiger partial charge in [0.25, 0.3) is 0 Å². The van der Waals surface area contributed by atoms with Crippen LogP contribution in [0.25, 0.3) is 10.8 Å². The molecule has 7 heteroatoms. The molecule has 0 N–H and O–H groups in total. The number of esters is 1. The standard InChI is InChI=1S/C26H27FINO4/c1-29-14-12-26(13-15-29,17-8-10-18(27)11-9-17)16-33-25(30)21-19-6-4-5-7-20(19)23(31-2)22(28)24(21)32-3/h4-11H,12-16H2,1-3H3. The molecule has 0 aliphatic carbocycles. The van der Waals surface area contributed by atoms with Crippen LogP contribution in [-0.4, -0.2) is 51.8 Å². The van der Waals surface area contributed by atoms with Crippen molar-refractivity contribution in [1.29, 1.82) is 0 Å². The zero-order chi connectivity index (χ0) is 23.6. The van der Waals surface area contributed by atoms with Crippen LogP contribution in [0.3, 0.4) is 0 Å². The summed E-state index contributed by atoms with van der Waals surface area (Å²) in [5.74, 6) is 0.389. The van der Waals surface area contributed by atoms with Crippen LogP contribution in [0.5, 0.6) is 11.5 Å². The Bertz CT molecular complexity index is 1160. The molecule has 0 unspecified atom stereocenters. The summed E-state index contributed by atoms with van der Waals surface area (Å²) < 4.78 is 31.6. The second kappa shape index (κ2) is 9.85. The Labute approximate surface area is 207 Å². The van der Waals surface area contributed by atoms with E-state index in [4.69, 9.17) is 14.2 Å². The summed E-state index contributed by atoms with van der Waals surface area (Å²) in [4.78, 5) is 15.8. The van der Waals surface area contributed by atoms with Crippen LogP contribution >= 0.6 is 22.6 Å². The summed E-state index contributed by atoms with van der Waals surface area (Å²) in [6.45, 7) is 1.97. The molecular formula is C26H27FINO4. The van der Waals surface area contributed by atoms with Gasteiger partial charge in [-0.15, -0.1) is 0 Å². The molecule has 0 bridgehead atoms. The SMILES string of the molecule is COc1c(I)c(OC)c2ccccc2c1C(=O)OCC1(c2ccc(F)cc2)CCN(C)CC1. The van der Waals surface area contributed by atoms with Gasteiger partial charge >= 0.3 is 5.97 Å². The van der Waals surface area contributed by atoms with Crippen molar-refractivity contribution in [2.24, 2.45) is 0 Å². The maximum absolute atomic E-state index is 13.6. The fraction of sp³-hybridized carbons (Fsp3) is 0.346. The van der Waals surface area contributed by atoms with Gasteiger partial charge in [0.1, 0.15) is 23.7 Å². The average molecular weight is 563 g/mol. The summed E-state index contributed by atoms with van der Waals surface area (Å²) in [5, 5.41) is 1.54. The molecule has 0 atom stereocenters. The van der Waals surface area contributed by atoms with Crippen molar-refractivity contribution in [2.45, 2.75) is 18.3 Å². The van der Waals surface area contributed by atoms with Crippen molar-refractivity contribution in [1.82, 2.24) is 4.90 Å². The van der Waals surface area contributed by atoms with Crippen molar-refractivity contribution in [3.05, 3.63) is 69.0 Å². The van der Waals surface area contributed by atoms with Crippen LogP contribution < -0.4 is 9.47 Å². The van der Waals surface area contributed by atoms with E-state index in [0.29, 0.717) is 17.1 Å². The highest BCUT2D eigenvalue weighted by atomic mass is 127. The average Bonchev–Trinajstić information content (AvgIpc) is 2.83. The van der Waals surface area contributed by atoms with Gasteiger partial charge in [-0.1, -0.05) is 36.4 Å². The molecular weight excluding hydrogens is 536 g/mol. The first-order valence-electron chi connectivity index (χ1n) is 10.8. The Morgan fingerprint density at radius 3 is 2.21 bits per heavy atom.